The van der Waals surface area contributed by atoms with Crippen LogP contribution in [-0.2, 0) is 16.7 Å². The van der Waals surface area contributed by atoms with Crippen molar-refractivity contribution in [1.82, 2.24) is 4.98 Å². The molecule has 9 heteroatoms. The van der Waals surface area contributed by atoms with Gasteiger partial charge in [-0.25, -0.2) is 18.2 Å². The summed E-state index contributed by atoms with van der Waals surface area (Å²) in [5.41, 5.74) is 3.67. The number of nitrogens with two attached hydrogens (primary N) is 1. The number of ketones is 1. The molecule has 0 fully saturated rings. The van der Waals surface area contributed by atoms with E-state index in [0.29, 0.717) is 11.1 Å². The quantitative estimate of drug-likeness (QED) is 0.794. The molecule has 0 aliphatic carbocycles. The lowest BCUT2D eigenvalue weighted by Crippen LogP contribution is -2.41. The third-order valence-corrected chi connectivity index (χ3v) is 4.44. The molecule has 0 unspecified atom stereocenters. The Morgan fingerprint density at radius 2 is 2.14 bits per heavy atom. The molecule has 3 rings (SSSR count). The minimum absolute atomic E-state index is 0.113. The van der Waals surface area contributed by atoms with E-state index >= 15 is 0 Å². The molecule has 0 saturated carbocycles. The third kappa shape index (κ3) is 3.67. The first kappa shape index (κ1) is 19.4. The molecule has 2 N–H and O–H groups in total. The van der Waals surface area contributed by atoms with E-state index in [9.17, 15) is 18.0 Å². The Hall–Kier alpha value is -3.41. The van der Waals surface area contributed by atoms with E-state index in [0.717, 1.165) is 6.07 Å². The van der Waals surface area contributed by atoms with Gasteiger partial charge in [-0.15, -0.1) is 0 Å². The number of alkyl halides is 2. The van der Waals surface area contributed by atoms with Crippen molar-refractivity contribution in [2.75, 3.05) is 6.61 Å². The van der Waals surface area contributed by atoms with Crippen LogP contribution in [0.5, 0.6) is 0 Å². The first-order valence-electron chi connectivity index (χ1n) is 8.30. The Morgan fingerprint density at radius 1 is 1.36 bits per heavy atom. The average molecular weight is 388 g/mol. The van der Waals surface area contributed by atoms with Gasteiger partial charge in [-0.05, 0) is 29.8 Å². The number of hydrogen-bond acceptors (Lipinski definition) is 6. The molecule has 1 aliphatic rings. The smallest absolute Gasteiger partial charge is 0.283 e. The molecule has 0 saturated heterocycles. The Labute approximate surface area is 158 Å². The number of aliphatic imine (C=N–C) groups is 1. The summed E-state index contributed by atoms with van der Waals surface area (Å²) in [7, 11) is 0. The molecule has 2 heterocycles. The lowest BCUT2D eigenvalue weighted by Gasteiger charge is -2.33. The molecule has 0 spiro atoms. The summed E-state index contributed by atoms with van der Waals surface area (Å²) in [6.45, 7) is -0.128. The average Bonchev–Trinajstić information content (AvgIpc) is 2.69. The second-order valence-corrected chi connectivity index (χ2v) is 6.23. The highest BCUT2D eigenvalue weighted by Crippen LogP contribution is 2.40. The van der Waals surface area contributed by atoms with Crippen LogP contribution in [0.1, 0.15) is 33.6 Å². The number of benzene rings is 1. The molecule has 0 radical (unpaired) electrons. The lowest BCUT2D eigenvalue weighted by molar-refractivity contribution is 0.0246. The number of carbonyl (C=O) groups excluding carboxylic acids is 1. The molecule has 1 aliphatic heterocycles. The highest BCUT2D eigenvalue weighted by Gasteiger charge is 2.46. The van der Waals surface area contributed by atoms with E-state index in [1.807, 2.05) is 6.07 Å². The number of rotatable bonds is 5. The molecule has 0 bridgehead atoms. The normalized spacial score (nSPS) is 18.9. The number of Topliss-reactive ketones (excluding diaryl/α,β-unsaturated/α-hetero) is 1. The third-order valence-electron chi connectivity index (χ3n) is 4.44. The van der Waals surface area contributed by atoms with E-state index in [-0.39, 0.29) is 30.7 Å². The largest absolute Gasteiger partial charge is 0.465 e. The molecule has 0 amide bonds. The number of ether oxygens (including phenoxy) is 1. The lowest BCUT2D eigenvalue weighted by atomic mass is 9.85. The van der Waals surface area contributed by atoms with Crippen molar-refractivity contribution < 1.29 is 22.7 Å². The van der Waals surface area contributed by atoms with Gasteiger partial charge in [-0.2, -0.15) is 5.26 Å². The van der Waals surface area contributed by atoms with Crippen molar-refractivity contribution in [2.24, 2.45) is 10.7 Å². The fourth-order valence-corrected chi connectivity index (χ4v) is 2.98. The minimum atomic E-state index is -3.02. The maximum atomic E-state index is 14.4. The maximum Gasteiger partial charge on any atom is 0.283 e. The molecule has 144 valence electrons. The summed E-state index contributed by atoms with van der Waals surface area (Å²) in [6.07, 6.45) is -2.19. The summed E-state index contributed by atoms with van der Waals surface area (Å²) < 4.78 is 47.0. The van der Waals surface area contributed by atoms with Gasteiger partial charge in [0.15, 0.2) is 11.3 Å². The Balaban J connectivity index is 1.93. The summed E-state index contributed by atoms with van der Waals surface area (Å²) in [5.74, 6) is -1.27. The molecule has 2 aromatic rings. The van der Waals surface area contributed by atoms with Gasteiger partial charge in [0, 0.05) is 24.6 Å². The number of halogens is 3. The van der Waals surface area contributed by atoms with Gasteiger partial charge >= 0.3 is 0 Å². The van der Waals surface area contributed by atoms with Crippen molar-refractivity contribution >= 4 is 11.8 Å². The van der Waals surface area contributed by atoms with E-state index < -0.39 is 29.6 Å². The van der Waals surface area contributed by atoms with Crippen LogP contribution in [0.4, 0.5) is 13.2 Å². The predicted octanol–water partition coefficient (Wildman–Crippen LogP) is 2.71. The number of carbonyl (C=O) groups is 1. The van der Waals surface area contributed by atoms with Crippen molar-refractivity contribution in [3.63, 3.8) is 0 Å². The van der Waals surface area contributed by atoms with Gasteiger partial charge in [-0.3, -0.25) is 9.78 Å². The van der Waals surface area contributed by atoms with Crippen molar-refractivity contribution in [3.05, 3.63) is 64.7 Å². The van der Waals surface area contributed by atoms with Crippen molar-refractivity contribution in [3.8, 4) is 6.07 Å². The van der Waals surface area contributed by atoms with Crippen LogP contribution in [0, 0.1) is 17.1 Å². The number of hydrogen-bond donors (Lipinski definition) is 1. The molecule has 1 aromatic heterocycles. The first-order valence-corrected chi connectivity index (χ1v) is 8.30. The van der Waals surface area contributed by atoms with Gasteiger partial charge in [0.05, 0.1) is 12.2 Å². The summed E-state index contributed by atoms with van der Waals surface area (Å²) in [4.78, 5) is 20.0. The maximum absolute atomic E-state index is 14.4. The van der Waals surface area contributed by atoms with Gasteiger partial charge < -0.3 is 10.5 Å². The SMILES string of the molecule is N#Cc1ccc(C(=O)Cc2ccc(F)c([C@@]3(C(F)F)CCOC(N)=N3)c2)nc1. The second kappa shape index (κ2) is 7.68. The highest BCUT2D eigenvalue weighted by molar-refractivity contribution is 5.95. The van der Waals surface area contributed by atoms with E-state index in [4.69, 9.17) is 15.7 Å². The van der Waals surface area contributed by atoms with Crippen LogP contribution in [0.2, 0.25) is 0 Å². The zero-order valence-electron chi connectivity index (χ0n) is 14.5. The van der Waals surface area contributed by atoms with Gasteiger partial charge in [-0.1, -0.05) is 6.07 Å². The molecule has 6 nitrogen and oxygen atoms in total. The zero-order chi connectivity index (χ0) is 20.3. The number of nitriles is 1. The van der Waals surface area contributed by atoms with Crippen molar-refractivity contribution in [1.29, 1.82) is 5.26 Å². The fourth-order valence-electron chi connectivity index (χ4n) is 2.98. The first-order chi connectivity index (χ1) is 13.4. The van der Waals surface area contributed by atoms with Crippen LogP contribution >= 0.6 is 0 Å². The van der Waals surface area contributed by atoms with Gasteiger partial charge in [0.1, 0.15) is 17.6 Å². The fraction of sp³-hybridized carbons (Fsp3) is 0.263. The van der Waals surface area contributed by atoms with Crippen molar-refractivity contribution in [2.45, 2.75) is 24.8 Å². The number of pyridine rings is 1. The summed E-state index contributed by atoms with van der Waals surface area (Å²) >= 11 is 0. The molecule has 1 aromatic carbocycles. The van der Waals surface area contributed by atoms with Crippen LogP contribution in [0.3, 0.4) is 0 Å². The highest BCUT2D eigenvalue weighted by atomic mass is 19.3. The Kier molecular flexibility index (Phi) is 5.31. The molecule has 1 atom stereocenters. The molecule has 28 heavy (non-hydrogen) atoms. The summed E-state index contributed by atoms with van der Waals surface area (Å²) in [6, 6.07) is 7.86. The number of nitrogens with zero attached hydrogens (tertiary/aromatic N) is 3. The van der Waals surface area contributed by atoms with Gasteiger partial charge in [0.25, 0.3) is 12.4 Å². The Morgan fingerprint density at radius 3 is 2.75 bits per heavy atom. The van der Waals surface area contributed by atoms with Crippen LogP contribution in [0.25, 0.3) is 0 Å². The van der Waals surface area contributed by atoms with Crippen LogP contribution < -0.4 is 5.73 Å². The zero-order valence-corrected chi connectivity index (χ0v) is 14.5. The standard InChI is InChI=1S/C19H15F3N4O2/c20-14-3-1-11(8-16(27)15-4-2-12(9-23)10-25-15)7-13(14)19(17(21)22)5-6-28-18(24)26-19/h1-4,7,10,17H,5-6,8H2,(H2,24,26)/t19-/m1/s1. The predicted molar refractivity (Wildman–Crippen MR) is 93.3 cm³/mol. The molecular formula is C19H15F3N4O2. The minimum Gasteiger partial charge on any atom is -0.465 e. The van der Waals surface area contributed by atoms with Crippen LogP contribution in [0.15, 0.2) is 41.5 Å². The monoisotopic (exact) mass is 388 g/mol. The van der Waals surface area contributed by atoms with E-state index in [2.05, 4.69) is 9.98 Å². The molecular weight excluding hydrogens is 373 g/mol. The Bertz CT molecular complexity index is 970. The summed E-state index contributed by atoms with van der Waals surface area (Å²) in [5, 5.41) is 8.77. The number of amidine groups is 1. The van der Waals surface area contributed by atoms with E-state index in [1.54, 1.807) is 0 Å². The van der Waals surface area contributed by atoms with Gasteiger partial charge in [0.2, 0.25) is 0 Å². The van der Waals surface area contributed by atoms with E-state index in [1.165, 1.54) is 30.5 Å². The topological polar surface area (TPSA) is 101 Å². The second-order valence-electron chi connectivity index (χ2n) is 6.23. The number of aromatic nitrogens is 1. The van der Waals surface area contributed by atoms with Crippen LogP contribution in [-0.4, -0.2) is 29.8 Å².